The van der Waals surface area contributed by atoms with E-state index in [1.54, 1.807) is 7.11 Å². The second-order valence-electron chi connectivity index (χ2n) is 5.83. The average Bonchev–Trinajstić information content (AvgIpc) is 2.36. The standard InChI is InChI=1S/C14H27N3O.HI/c1-18-14(8-3-2-4-9-14)11-17-13(15)16-10-12-6-5-7-12;/h12H,2-11H2,1H3,(H3,15,16,17);1H. The molecule has 2 fully saturated rings. The van der Waals surface area contributed by atoms with Crippen LogP contribution in [0.25, 0.3) is 0 Å². The van der Waals surface area contributed by atoms with Gasteiger partial charge in [0.1, 0.15) is 0 Å². The highest BCUT2D eigenvalue weighted by atomic mass is 127. The van der Waals surface area contributed by atoms with E-state index in [2.05, 4.69) is 10.3 Å². The number of methoxy groups -OCH3 is 1. The van der Waals surface area contributed by atoms with Gasteiger partial charge in [0, 0.05) is 13.7 Å². The smallest absolute Gasteiger partial charge is 0.188 e. The van der Waals surface area contributed by atoms with Crippen LogP contribution in [0.3, 0.4) is 0 Å². The van der Waals surface area contributed by atoms with Crippen LogP contribution in [-0.4, -0.2) is 31.8 Å². The van der Waals surface area contributed by atoms with Crippen LogP contribution in [0.15, 0.2) is 4.99 Å². The van der Waals surface area contributed by atoms with Gasteiger partial charge < -0.3 is 15.8 Å². The Balaban J connectivity index is 0.00000180. The van der Waals surface area contributed by atoms with Crippen LogP contribution in [0.4, 0.5) is 0 Å². The van der Waals surface area contributed by atoms with Crippen LogP contribution >= 0.6 is 24.0 Å². The van der Waals surface area contributed by atoms with Crippen molar-refractivity contribution in [1.82, 2.24) is 5.32 Å². The molecule has 0 spiro atoms. The summed E-state index contributed by atoms with van der Waals surface area (Å²) in [6.07, 6.45) is 10.1. The van der Waals surface area contributed by atoms with Gasteiger partial charge in [-0.25, -0.2) is 0 Å². The third-order valence-corrected chi connectivity index (χ3v) is 4.53. The van der Waals surface area contributed by atoms with Gasteiger partial charge >= 0.3 is 0 Å². The predicted molar refractivity (Wildman–Crippen MR) is 90.1 cm³/mol. The van der Waals surface area contributed by atoms with Crippen LogP contribution in [0, 0.1) is 5.92 Å². The number of aliphatic imine (C=N–C) groups is 1. The molecule has 0 aromatic carbocycles. The highest BCUT2D eigenvalue weighted by Crippen LogP contribution is 2.31. The quantitative estimate of drug-likeness (QED) is 0.437. The molecule has 0 heterocycles. The van der Waals surface area contributed by atoms with E-state index >= 15 is 0 Å². The van der Waals surface area contributed by atoms with E-state index < -0.39 is 0 Å². The molecule has 5 heteroatoms. The molecule has 0 bridgehead atoms. The molecule has 0 saturated heterocycles. The number of rotatable bonds is 5. The fourth-order valence-corrected chi connectivity index (χ4v) is 2.85. The fourth-order valence-electron chi connectivity index (χ4n) is 2.85. The van der Waals surface area contributed by atoms with Gasteiger partial charge in [-0.1, -0.05) is 25.7 Å². The number of guanidine groups is 1. The summed E-state index contributed by atoms with van der Waals surface area (Å²) < 4.78 is 5.70. The Kier molecular flexibility index (Phi) is 7.42. The van der Waals surface area contributed by atoms with E-state index in [-0.39, 0.29) is 29.6 Å². The van der Waals surface area contributed by atoms with Gasteiger partial charge in [0.2, 0.25) is 0 Å². The normalized spacial score (nSPS) is 23.3. The van der Waals surface area contributed by atoms with Crippen molar-refractivity contribution in [3.8, 4) is 0 Å². The molecule has 2 saturated carbocycles. The SMILES string of the molecule is COC1(CN=C(N)NCC2CCC2)CCCCC1.I. The van der Waals surface area contributed by atoms with Crippen LogP contribution in [0.2, 0.25) is 0 Å². The van der Waals surface area contributed by atoms with Gasteiger partial charge in [0.15, 0.2) is 5.96 Å². The zero-order valence-corrected chi connectivity index (χ0v) is 14.3. The van der Waals surface area contributed by atoms with Gasteiger partial charge in [0.05, 0.1) is 12.1 Å². The minimum absolute atomic E-state index is 0. The molecule has 2 aliphatic rings. The van der Waals surface area contributed by atoms with Crippen molar-refractivity contribution in [3.63, 3.8) is 0 Å². The fraction of sp³-hybridized carbons (Fsp3) is 0.929. The van der Waals surface area contributed by atoms with Crippen molar-refractivity contribution < 1.29 is 4.74 Å². The Hall–Kier alpha value is -0.0400. The average molecular weight is 381 g/mol. The predicted octanol–water partition coefficient (Wildman–Crippen LogP) is 2.66. The molecule has 0 aromatic heterocycles. The van der Waals surface area contributed by atoms with Gasteiger partial charge in [-0.2, -0.15) is 0 Å². The number of hydrogen-bond donors (Lipinski definition) is 2. The zero-order chi connectivity index (χ0) is 12.8. The Morgan fingerprint density at radius 2 is 1.95 bits per heavy atom. The van der Waals surface area contributed by atoms with Gasteiger partial charge in [-0.3, -0.25) is 4.99 Å². The minimum Gasteiger partial charge on any atom is -0.376 e. The molecule has 0 radical (unpaired) electrons. The molecule has 0 unspecified atom stereocenters. The Bertz CT molecular complexity index is 286. The lowest BCUT2D eigenvalue weighted by molar-refractivity contribution is -0.0308. The molecule has 0 aromatic rings. The Morgan fingerprint density at radius 3 is 2.47 bits per heavy atom. The van der Waals surface area contributed by atoms with Crippen molar-refractivity contribution in [1.29, 1.82) is 0 Å². The monoisotopic (exact) mass is 381 g/mol. The Morgan fingerprint density at radius 1 is 1.26 bits per heavy atom. The number of nitrogens with two attached hydrogens (primary N) is 1. The second-order valence-corrected chi connectivity index (χ2v) is 5.83. The van der Waals surface area contributed by atoms with Gasteiger partial charge in [-0.15, -0.1) is 24.0 Å². The van der Waals surface area contributed by atoms with Crippen LogP contribution in [-0.2, 0) is 4.74 Å². The maximum absolute atomic E-state index is 5.91. The lowest BCUT2D eigenvalue weighted by atomic mass is 9.84. The number of ether oxygens (including phenoxy) is 1. The van der Waals surface area contributed by atoms with E-state index in [1.807, 2.05) is 0 Å². The number of hydrogen-bond acceptors (Lipinski definition) is 2. The van der Waals surface area contributed by atoms with Crippen molar-refractivity contribution in [2.75, 3.05) is 20.2 Å². The molecule has 0 amide bonds. The highest BCUT2D eigenvalue weighted by Gasteiger charge is 2.31. The molecule has 4 nitrogen and oxygen atoms in total. The summed E-state index contributed by atoms with van der Waals surface area (Å²) in [6.45, 7) is 1.68. The van der Waals surface area contributed by atoms with Gasteiger partial charge in [-0.05, 0) is 31.6 Å². The number of halogens is 1. The van der Waals surface area contributed by atoms with Crippen molar-refractivity contribution in [2.24, 2.45) is 16.6 Å². The summed E-state index contributed by atoms with van der Waals surface area (Å²) >= 11 is 0. The molecular formula is C14H28IN3O. The van der Waals surface area contributed by atoms with E-state index in [0.717, 1.165) is 25.3 Å². The third kappa shape index (κ3) is 5.10. The molecule has 3 N–H and O–H groups in total. The summed E-state index contributed by atoms with van der Waals surface area (Å²) in [4.78, 5) is 4.48. The van der Waals surface area contributed by atoms with Crippen LogP contribution in [0.5, 0.6) is 0 Å². The first-order valence-corrected chi connectivity index (χ1v) is 7.33. The molecule has 2 aliphatic carbocycles. The van der Waals surface area contributed by atoms with Gasteiger partial charge in [0.25, 0.3) is 0 Å². The van der Waals surface area contributed by atoms with Crippen LogP contribution in [0.1, 0.15) is 51.4 Å². The molecule has 19 heavy (non-hydrogen) atoms. The van der Waals surface area contributed by atoms with Crippen molar-refractivity contribution >= 4 is 29.9 Å². The zero-order valence-electron chi connectivity index (χ0n) is 12.0. The highest BCUT2D eigenvalue weighted by molar-refractivity contribution is 14.0. The number of nitrogens with one attached hydrogen (secondary N) is 1. The second kappa shape index (κ2) is 8.29. The Labute approximate surface area is 134 Å². The summed E-state index contributed by atoms with van der Waals surface area (Å²) in [5, 5.41) is 3.24. The van der Waals surface area contributed by atoms with Crippen molar-refractivity contribution in [3.05, 3.63) is 0 Å². The summed E-state index contributed by atoms with van der Waals surface area (Å²) in [6, 6.07) is 0. The summed E-state index contributed by atoms with van der Waals surface area (Å²) in [5.41, 5.74) is 5.86. The van der Waals surface area contributed by atoms with E-state index in [4.69, 9.17) is 10.5 Å². The lowest BCUT2D eigenvalue weighted by Crippen LogP contribution is -2.41. The first-order valence-electron chi connectivity index (χ1n) is 7.33. The summed E-state index contributed by atoms with van der Waals surface area (Å²) in [7, 11) is 1.80. The van der Waals surface area contributed by atoms with E-state index in [9.17, 15) is 0 Å². The maximum atomic E-state index is 5.91. The van der Waals surface area contributed by atoms with E-state index in [0.29, 0.717) is 12.5 Å². The largest absolute Gasteiger partial charge is 0.376 e. The lowest BCUT2D eigenvalue weighted by Gasteiger charge is -2.34. The first-order chi connectivity index (χ1) is 8.74. The topological polar surface area (TPSA) is 59.6 Å². The molecular weight excluding hydrogens is 353 g/mol. The first kappa shape index (κ1) is 17.0. The number of nitrogens with zero attached hydrogens (tertiary/aromatic N) is 1. The van der Waals surface area contributed by atoms with E-state index in [1.165, 1.54) is 38.5 Å². The molecule has 0 atom stereocenters. The maximum Gasteiger partial charge on any atom is 0.188 e. The summed E-state index contributed by atoms with van der Waals surface area (Å²) in [5.74, 6) is 1.40. The molecule has 112 valence electrons. The van der Waals surface area contributed by atoms with Crippen LogP contribution < -0.4 is 11.1 Å². The molecule has 2 rings (SSSR count). The third-order valence-electron chi connectivity index (χ3n) is 4.53. The van der Waals surface area contributed by atoms with Crippen molar-refractivity contribution in [2.45, 2.75) is 57.0 Å². The molecule has 0 aliphatic heterocycles. The minimum atomic E-state index is -0.0545.